The Bertz CT molecular complexity index is 469. The normalized spacial score (nSPS) is 10.9. The van der Waals surface area contributed by atoms with Crippen LogP contribution in [0.15, 0.2) is 60.7 Å². The summed E-state index contributed by atoms with van der Waals surface area (Å²) in [7, 11) is 1.95. The Balaban J connectivity index is 2.13. The van der Waals surface area contributed by atoms with Crippen LogP contribution in [-0.4, -0.2) is 13.6 Å². The molecule has 0 heterocycles. The Hall–Kier alpha value is -1.86. The number of hydrogen-bond donors (Lipinski definition) is 1. The third-order valence-corrected chi connectivity index (χ3v) is 2.65. The van der Waals surface area contributed by atoms with Gasteiger partial charge in [0, 0.05) is 6.54 Å². The van der Waals surface area contributed by atoms with E-state index < -0.39 is 0 Å². The van der Waals surface area contributed by atoms with Gasteiger partial charge in [0.1, 0.15) is 0 Å². The third kappa shape index (κ3) is 3.30. The average Bonchev–Trinajstić information content (AvgIpc) is 2.41. The summed E-state index contributed by atoms with van der Waals surface area (Å²) in [6.07, 6.45) is 4.25. The summed E-state index contributed by atoms with van der Waals surface area (Å²) in [6.45, 7) is 0.903. The van der Waals surface area contributed by atoms with Crippen LogP contribution in [0.25, 0.3) is 17.2 Å². The van der Waals surface area contributed by atoms with E-state index in [1.54, 1.807) is 0 Å². The second kappa shape index (κ2) is 6.02. The zero-order valence-corrected chi connectivity index (χ0v) is 10.1. The van der Waals surface area contributed by atoms with Crippen LogP contribution in [0.5, 0.6) is 0 Å². The van der Waals surface area contributed by atoms with Gasteiger partial charge in [0.05, 0.1) is 0 Å². The van der Waals surface area contributed by atoms with E-state index >= 15 is 0 Å². The quantitative estimate of drug-likeness (QED) is 0.835. The summed E-state index contributed by atoms with van der Waals surface area (Å²) in [6, 6.07) is 19.0. The monoisotopic (exact) mass is 223 g/mol. The molecule has 0 aliphatic heterocycles. The SMILES string of the molecule is CNCC=Cc1ccc(-c2ccccc2)cc1. The van der Waals surface area contributed by atoms with E-state index in [1.807, 2.05) is 13.1 Å². The Kier molecular flexibility index (Phi) is 4.11. The maximum absolute atomic E-state index is 3.09. The van der Waals surface area contributed by atoms with E-state index in [9.17, 15) is 0 Å². The minimum atomic E-state index is 0.903. The summed E-state index contributed by atoms with van der Waals surface area (Å²) in [4.78, 5) is 0. The van der Waals surface area contributed by atoms with Gasteiger partial charge in [0.25, 0.3) is 0 Å². The largest absolute Gasteiger partial charge is 0.316 e. The molecule has 1 nitrogen and oxygen atoms in total. The van der Waals surface area contributed by atoms with Gasteiger partial charge >= 0.3 is 0 Å². The molecule has 0 spiro atoms. The fourth-order valence-electron chi connectivity index (χ4n) is 1.73. The average molecular weight is 223 g/mol. The molecule has 0 saturated heterocycles. The summed E-state index contributed by atoms with van der Waals surface area (Å²) in [5.41, 5.74) is 3.76. The third-order valence-electron chi connectivity index (χ3n) is 2.65. The van der Waals surface area contributed by atoms with Crippen LogP contribution >= 0.6 is 0 Å². The van der Waals surface area contributed by atoms with Gasteiger partial charge in [-0.05, 0) is 23.7 Å². The van der Waals surface area contributed by atoms with Crippen molar-refractivity contribution in [2.75, 3.05) is 13.6 Å². The summed E-state index contributed by atoms with van der Waals surface area (Å²) >= 11 is 0. The minimum absolute atomic E-state index is 0.903. The number of rotatable bonds is 4. The molecule has 86 valence electrons. The van der Waals surface area contributed by atoms with Crippen molar-refractivity contribution in [3.63, 3.8) is 0 Å². The summed E-state index contributed by atoms with van der Waals surface area (Å²) < 4.78 is 0. The Labute approximate surface area is 103 Å². The number of likely N-dealkylation sites (N-methyl/N-ethyl adjacent to an activating group) is 1. The van der Waals surface area contributed by atoms with Gasteiger partial charge < -0.3 is 5.32 Å². The topological polar surface area (TPSA) is 12.0 Å². The van der Waals surface area contributed by atoms with Gasteiger partial charge in [-0.25, -0.2) is 0 Å². The van der Waals surface area contributed by atoms with Crippen molar-refractivity contribution in [3.8, 4) is 11.1 Å². The lowest BCUT2D eigenvalue weighted by Gasteiger charge is -2.01. The highest BCUT2D eigenvalue weighted by Crippen LogP contribution is 2.19. The zero-order valence-electron chi connectivity index (χ0n) is 10.1. The number of benzene rings is 2. The molecule has 2 rings (SSSR count). The van der Waals surface area contributed by atoms with Crippen molar-refractivity contribution >= 4 is 6.08 Å². The summed E-state index contributed by atoms with van der Waals surface area (Å²) in [5.74, 6) is 0. The van der Waals surface area contributed by atoms with Crippen molar-refractivity contribution in [2.45, 2.75) is 0 Å². The molecule has 1 N–H and O–H groups in total. The zero-order chi connectivity index (χ0) is 11.9. The minimum Gasteiger partial charge on any atom is -0.316 e. The highest BCUT2D eigenvalue weighted by molar-refractivity contribution is 5.65. The van der Waals surface area contributed by atoms with Crippen LogP contribution in [-0.2, 0) is 0 Å². The molecular weight excluding hydrogens is 206 g/mol. The van der Waals surface area contributed by atoms with Gasteiger partial charge in [-0.15, -0.1) is 0 Å². The van der Waals surface area contributed by atoms with Gasteiger partial charge in [0.15, 0.2) is 0 Å². The van der Waals surface area contributed by atoms with E-state index in [4.69, 9.17) is 0 Å². The molecular formula is C16H17N. The van der Waals surface area contributed by atoms with E-state index in [-0.39, 0.29) is 0 Å². The molecule has 0 unspecified atom stereocenters. The number of nitrogens with one attached hydrogen (secondary N) is 1. The molecule has 1 heteroatoms. The smallest absolute Gasteiger partial charge is 0.0135 e. The summed E-state index contributed by atoms with van der Waals surface area (Å²) in [5, 5.41) is 3.09. The fourth-order valence-corrected chi connectivity index (χ4v) is 1.73. The van der Waals surface area contributed by atoms with Gasteiger partial charge in [-0.1, -0.05) is 66.7 Å². The lowest BCUT2D eigenvalue weighted by Crippen LogP contribution is -2.03. The van der Waals surface area contributed by atoms with E-state index in [0.717, 1.165) is 6.54 Å². The molecule has 2 aromatic rings. The first kappa shape index (κ1) is 11.6. The maximum Gasteiger partial charge on any atom is 0.0135 e. The van der Waals surface area contributed by atoms with E-state index in [2.05, 4.69) is 66.0 Å². The predicted octanol–water partition coefficient (Wildman–Crippen LogP) is 3.59. The van der Waals surface area contributed by atoms with E-state index in [1.165, 1.54) is 16.7 Å². The van der Waals surface area contributed by atoms with Crippen LogP contribution in [0.4, 0.5) is 0 Å². The van der Waals surface area contributed by atoms with Crippen LogP contribution in [0.2, 0.25) is 0 Å². The highest BCUT2D eigenvalue weighted by atomic mass is 14.8. The van der Waals surface area contributed by atoms with Crippen LogP contribution < -0.4 is 5.32 Å². The molecule has 0 fully saturated rings. The first-order valence-corrected chi connectivity index (χ1v) is 5.87. The molecule has 2 aromatic carbocycles. The van der Waals surface area contributed by atoms with Crippen molar-refractivity contribution in [1.29, 1.82) is 0 Å². The highest BCUT2D eigenvalue weighted by Gasteiger charge is 1.95. The number of hydrogen-bond acceptors (Lipinski definition) is 1. The second-order valence-electron chi connectivity index (χ2n) is 3.95. The van der Waals surface area contributed by atoms with Gasteiger partial charge in [0.2, 0.25) is 0 Å². The Morgan fingerprint density at radius 2 is 1.53 bits per heavy atom. The van der Waals surface area contributed by atoms with Gasteiger partial charge in [-0.2, -0.15) is 0 Å². The first-order valence-electron chi connectivity index (χ1n) is 5.87. The molecule has 0 aliphatic rings. The van der Waals surface area contributed by atoms with Crippen molar-refractivity contribution in [3.05, 3.63) is 66.2 Å². The molecule has 0 aliphatic carbocycles. The fraction of sp³-hybridized carbons (Fsp3) is 0.125. The van der Waals surface area contributed by atoms with Crippen molar-refractivity contribution in [2.24, 2.45) is 0 Å². The molecule has 0 saturated carbocycles. The van der Waals surface area contributed by atoms with Crippen molar-refractivity contribution in [1.82, 2.24) is 5.32 Å². The molecule has 0 radical (unpaired) electrons. The Morgan fingerprint density at radius 1 is 0.882 bits per heavy atom. The lowest BCUT2D eigenvalue weighted by atomic mass is 10.0. The molecule has 0 bridgehead atoms. The van der Waals surface area contributed by atoms with Crippen LogP contribution in [0.3, 0.4) is 0 Å². The molecule has 0 atom stereocenters. The van der Waals surface area contributed by atoms with E-state index in [0.29, 0.717) is 0 Å². The Morgan fingerprint density at radius 3 is 2.18 bits per heavy atom. The lowest BCUT2D eigenvalue weighted by molar-refractivity contribution is 0.922. The van der Waals surface area contributed by atoms with Gasteiger partial charge in [-0.3, -0.25) is 0 Å². The predicted molar refractivity (Wildman–Crippen MR) is 74.8 cm³/mol. The standard InChI is InChI=1S/C16H17N/c1-17-13-5-6-14-9-11-16(12-10-14)15-7-3-2-4-8-15/h2-12,17H,13H2,1H3. The second-order valence-corrected chi connectivity index (χ2v) is 3.95. The van der Waals surface area contributed by atoms with Crippen LogP contribution in [0.1, 0.15) is 5.56 Å². The molecule has 17 heavy (non-hydrogen) atoms. The van der Waals surface area contributed by atoms with Crippen LogP contribution in [0, 0.1) is 0 Å². The van der Waals surface area contributed by atoms with Crippen molar-refractivity contribution < 1.29 is 0 Å². The first-order chi connectivity index (χ1) is 8.40. The maximum atomic E-state index is 3.09. The molecule has 0 aromatic heterocycles. The molecule has 0 amide bonds.